The van der Waals surface area contributed by atoms with E-state index < -0.39 is 297 Å². The second-order valence-corrected chi connectivity index (χ2v) is 24.1. The van der Waals surface area contributed by atoms with Crippen LogP contribution in [0, 0.1) is 0 Å². The molecule has 2 amide bonds. The van der Waals surface area contributed by atoms with E-state index >= 15 is 0 Å². The van der Waals surface area contributed by atoms with Crippen LogP contribution >= 0.6 is 0 Å². The molecule has 8 heterocycles. The first kappa shape index (κ1) is 78.7. The summed E-state index contributed by atoms with van der Waals surface area (Å²) in [5.41, 5.74) is 6.29. The van der Waals surface area contributed by atoms with Crippen LogP contribution in [-0.2, 0) is 85.4 Å². The molecular weight excluding hydrogens is 1320 g/mol. The van der Waals surface area contributed by atoms with Gasteiger partial charge in [0.1, 0.15) is 177 Å². The van der Waals surface area contributed by atoms with Crippen molar-refractivity contribution in [3.63, 3.8) is 0 Å². The molecule has 8 aliphatic rings. The third-order valence-corrected chi connectivity index (χ3v) is 17.2. The number of carbonyl (C=O) groups is 2. The van der Waals surface area contributed by atoms with Gasteiger partial charge >= 0.3 is 0 Å². The fourth-order valence-electron chi connectivity index (χ4n) is 12.0. The molecule has 0 bridgehead atoms. The third-order valence-electron chi connectivity index (χ3n) is 17.2. The van der Waals surface area contributed by atoms with Crippen molar-refractivity contribution in [3.8, 4) is 0 Å². The van der Waals surface area contributed by atoms with Gasteiger partial charge in [0.25, 0.3) is 0 Å². The molecule has 8 fully saturated rings. The van der Waals surface area contributed by atoms with E-state index in [-0.39, 0.29) is 5.76 Å². The second kappa shape index (κ2) is 33.8. The highest BCUT2D eigenvalue weighted by Gasteiger charge is 2.60. The van der Waals surface area contributed by atoms with Crippen LogP contribution in [0.2, 0.25) is 0 Å². The Morgan fingerprint density at radius 3 is 1.09 bits per heavy atom. The van der Waals surface area contributed by atoms with Gasteiger partial charge in [0.2, 0.25) is 18.1 Å². The molecule has 0 aromatic carbocycles. The quantitative estimate of drug-likeness (QED) is 0.0399. The van der Waals surface area contributed by atoms with Gasteiger partial charge in [0, 0.05) is 13.8 Å². The molecule has 0 aromatic rings. The van der Waals surface area contributed by atoms with Crippen molar-refractivity contribution in [1.29, 1.82) is 0 Å². The van der Waals surface area contributed by atoms with Crippen molar-refractivity contribution >= 4 is 11.8 Å². The fraction of sp³-hybridized carbons (Fsp3) is 0.925. The van der Waals surface area contributed by atoms with Gasteiger partial charge in [0.05, 0.1) is 51.4 Å². The molecule has 0 aliphatic carbocycles. The lowest BCUT2D eigenvalue weighted by Gasteiger charge is -2.51. The fourth-order valence-corrected chi connectivity index (χ4v) is 12.0. The molecule has 40 atom stereocenters. The highest BCUT2D eigenvalue weighted by Crippen LogP contribution is 2.39. The Kier molecular flexibility index (Phi) is 27.7. The van der Waals surface area contributed by atoms with Crippen LogP contribution in [0.4, 0.5) is 0 Å². The third kappa shape index (κ3) is 17.0. The summed E-state index contributed by atoms with van der Waals surface area (Å²) in [5, 5.41) is 245. The van der Waals surface area contributed by atoms with Crippen molar-refractivity contribution < 1.29 is 198 Å². The minimum absolute atomic E-state index is 0.0546. The van der Waals surface area contributed by atoms with E-state index in [0.717, 1.165) is 13.8 Å². The molecule has 26 N–H and O–H groups in total. The van der Waals surface area contributed by atoms with Gasteiger partial charge in [-0.25, -0.2) is 0 Å². The molecule has 0 aromatic heterocycles. The van der Waals surface area contributed by atoms with Crippen LogP contribution in [-0.4, -0.2) is 410 Å². The summed E-state index contributed by atoms with van der Waals surface area (Å²) in [7, 11) is 0. The highest BCUT2D eigenvalue weighted by molar-refractivity contribution is 5.73. The summed E-state index contributed by atoms with van der Waals surface area (Å²) >= 11 is 0. The van der Waals surface area contributed by atoms with E-state index in [1.54, 1.807) is 0 Å². The molecule has 0 saturated carbocycles. The maximum Gasteiger partial charge on any atom is 0.217 e. The molecule has 43 heteroatoms. The summed E-state index contributed by atoms with van der Waals surface area (Å²) in [6.45, 7) is 0.551. The first-order valence-electron chi connectivity index (χ1n) is 30.3. The summed E-state index contributed by atoms with van der Waals surface area (Å²) in [5.74, 6) is -1.76. The Balaban J connectivity index is 1.10. The van der Waals surface area contributed by atoms with Crippen LogP contribution in [0.3, 0.4) is 0 Å². The van der Waals surface area contributed by atoms with E-state index in [1.165, 1.54) is 6.92 Å². The normalized spacial score (nSPS) is 50.3. The molecule has 8 saturated heterocycles. The number of nitrogens with two attached hydrogens (primary N) is 1. The number of allylic oxidation sites excluding steroid dienone is 1. The largest absolute Gasteiger partial charge is 0.468 e. The van der Waals surface area contributed by atoms with Gasteiger partial charge in [-0.3, -0.25) is 9.59 Å². The van der Waals surface area contributed by atoms with Crippen molar-refractivity contribution in [2.75, 3.05) is 39.6 Å². The Morgan fingerprint density at radius 1 is 0.344 bits per heavy atom. The predicted molar refractivity (Wildman–Crippen MR) is 294 cm³/mol. The SMILES string of the molecule is C=C(C)O[C@H]1OC(CO)[C@H](O[C@@H]2OC(CO[C@H]3OC(CO)[C@@H](O)[C@H](O)C3O[C@@H]3OC(CO)[C@@H](O[C@@H]4OC(O)[C@H](O)[C@H](O)C4O)[C@H](O)C3NC(C)=O)[C@@H](O)[C@H](O[C@H]3OC(CO)[C@@H](O)C(O)C3O[C@@H]3OC(CO)[C@@H](O[C@@H]4OC(O)[C@H](O)[C@H](O)C4O)[C@H](O)C3NC(C)=O)C2O)[C@H](O)C1N. The summed E-state index contributed by atoms with van der Waals surface area (Å²) < 4.78 is 92.8. The van der Waals surface area contributed by atoms with Crippen LogP contribution in [0.1, 0.15) is 20.8 Å². The number of nitrogens with one attached hydrogen (secondary N) is 2. The van der Waals surface area contributed by atoms with E-state index in [0.29, 0.717) is 0 Å². The summed E-state index contributed by atoms with van der Waals surface area (Å²) in [6.07, 6.45) is -75.7. The molecule has 8 aliphatic heterocycles. The van der Waals surface area contributed by atoms with E-state index in [1.807, 2.05) is 0 Å². The monoisotopic (exact) mass is 1410 g/mol. The Bertz CT molecular complexity index is 2480. The number of amides is 2. The number of aliphatic hydroxyl groups excluding tert-OH is 22. The number of carbonyl (C=O) groups excluding carboxylic acids is 2. The van der Waals surface area contributed by atoms with E-state index in [9.17, 15) is 122 Å². The molecule has 43 nitrogen and oxygen atoms in total. The minimum atomic E-state index is -2.39. The lowest BCUT2D eigenvalue weighted by Crippen LogP contribution is -2.70. The number of rotatable bonds is 24. The summed E-state index contributed by atoms with van der Waals surface area (Å²) in [6, 6.07) is -5.24. The van der Waals surface area contributed by atoms with Crippen molar-refractivity contribution in [2.24, 2.45) is 5.73 Å². The Labute approximate surface area is 543 Å². The minimum Gasteiger partial charge on any atom is -0.468 e. The second-order valence-electron chi connectivity index (χ2n) is 24.1. The van der Waals surface area contributed by atoms with Crippen LogP contribution in [0.15, 0.2) is 12.3 Å². The highest BCUT2D eigenvalue weighted by atomic mass is 16.8. The van der Waals surface area contributed by atoms with E-state index in [4.69, 9.17) is 81.5 Å². The first-order chi connectivity index (χ1) is 45.3. The lowest BCUT2D eigenvalue weighted by molar-refractivity contribution is -0.400. The Hall–Kier alpha value is -3.04. The zero-order valence-corrected chi connectivity index (χ0v) is 51.3. The van der Waals surface area contributed by atoms with Crippen molar-refractivity contribution in [3.05, 3.63) is 12.3 Å². The van der Waals surface area contributed by atoms with Crippen molar-refractivity contribution in [2.45, 2.75) is 267 Å². The van der Waals surface area contributed by atoms with Crippen LogP contribution in [0.5, 0.6) is 0 Å². The topological polar surface area (TPSA) is 677 Å². The molecular formula is C53H89N3O40. The molecule has 0 spiro atoms. The van der Waals surface area contributed by atoms with Crippen molar-refractivity contribution in [1.82, 2.24) is 10.6 Å². The molecule has 0 radical (unpaired) electrons. The van der Waals surface area contributed by atoms with Gasteiger partial charge in [-0.1, -0.05) is 6.58 Å². The zero-order valence-electron chi connectivity index (χ0n) is 51.3. The van der Waals surface area contributed by atoms with Gasteiger partial charge in [-0.05, 0) is 6.92 Å². The maximum absolute atomic E-state index is 12.8. The molecule has 556 valence electrons. The number of ether oxygens (including phenoxy) is 16. The first-order valence-corrected chi connectivity index (χ1v) is 30.3. The Morgan fingerprint density at radius 2 is 0.688 bits per heavy atom. The average Bonchev–Trinajstić information content (AvgIpc) is 0.779. The van der Waals surface area contributed by atoms with Gasteiger partial charge < -0.3 is 205 Å². The van der Waals surface area contributed by atoms with Crippen LogP contribution < -0.4 is 16.4 Å². The number of hydrogen-bond donors (Lipinski definition) is 25. The number of hydrogen-bond acceptors (Lipinski definition) is 41. The predicted octanol–water partition coefficient (Wildman–Crippen LogP) is -16.7. The number of aliphatic hydroxyl groups is 22. The maximum atomic E-state index is 12.8. The van der Waals surface area contributed by atoms with Gasteiger partial charge in [-0.2, -0.15) is 0 Å². The zero-order chi connectivity index (χ0) is 70.8. The average molecular weight is 1410 g/mol. The smallest absolute Gasteiger partial charge is 0.217 e. The molecule has 96 heavy (non-hydrogen) atoms. The molecule has 8 rings (SSSR count). The lowest BCUT2D eigenvalue weighted by atomic mass is 9.94. The van der Waals surface area contributed by atoms with Gasteiger partial charge in [0.15, 0.2) is 56.6 Å². The van der Waals surface area contributed by atoms with E-state index in [2.05, 4.69) is 17.2 Å². The molecule has 17 unspecified atom stereocenters. The van der Waals surface area contributed by atoms with Crippen LogP contribution in [0.25, 0.3) is 0 Å². The standard InChI is InChI=1S/C53H89N3O40/c1-11(2)82-46-20(54)26(67)38(16(7-59)85-46)89-51-37(78)41(92-53-43(32(73)24(65)15(6-58)84-53)94-48-22(56-13(4)63)28(69)40(18(9-61)87-48)91-50-36(77)30(71)34(75)45(80)96-50)25(66)19(88-51)10-81-52-42(31(72)23(64)14(5-57)83-52)93-47-21(55-12(3)62)27(68)39(17(8-60)86-47)90-49-35(76)29(70)33(74)44(79)95-49/h14-53,57-61,64-80H,1,5-10,54H2,2-4H3,(H,55,62)(H,56,63)/t14?,15?,16?,17?,18?,19?,20?,21?,22?,23-,24-,25-,26-,27-,28-,29+,30+,31+,32?,33-,34-,35?,36?,37?,38+,39-,40-,41+,42?,43?,44?,45?,46+,47+,48+,49-,50-,51+,52+,53-/m1/s1. The van der Waals surface area contributed by atoms with Gasteiger partial charge in [-0.15, -0.1) is 0 Å². The summed E-state index contributed by atoms with van der Waals surface area (Å²) in [4.78, 5) is 25.4.